The van der Waals surface area contributed by atoms with Crippen LogP contribution in [0.1, 0.15) is 48.1 Å². The molecule has 2 N–H and O–H groups in total. The molecule has 1 saturated carbocycles. The van der Waals surface area contributed by atoms with E-state index in [0.29, 0.717) is 17.1 Å². The fourth-order valence-corrected chi connectivity index (χ4v) is 5.98. The van der Waals surface area contributed by atoms with Crippen LogP contribution >= 0.6 is 22.9 Å². The molecule has 2 aromatic rings. The van der Waals surface area contributed by atoms with Crippen LogP contribution in [-0.2, 0) is 4.79 Å². The molecule has 3 atom stereocenters. The molecule has 0 unspecified atom stereocenters. The number of hydrogen-bond donors (Lipinski definition) is 1. The molecular formula is C20H22ClN3O2S. The maximum atomic E-state index is 13.5. The molecule has 0 bridgehead atoms. The predicted molar refractivity (Wildman–Crippen MR) is 107 cm³/mol. The second kappa shape index (κ2) is 6.60. The molecule has 2 fully saturated rings. The third-order valence-corrected chi connectivity index (χ3v) is 7.21. The van der Waals surface area contributed by atoms with Gasteiger partial charge in [0.1, 0.15) is 5.69 Å². The highest BCUT2D eigenvalue weighted by Crippen LogP contribution is 2.51. The maximum Gasteiger partial charge on any atom is 0.274 e. The van der Waals surface area contributed by atoms with E-state index < -0.39 is 5.41 Å². The van der Waals surface area contributed by atoms with E-state index in [1.54, 1.807) is 0 Å². The second-order valence-corrected chi connectivity index (χ2v) is 9.25. The van der Waals surface area contributed by atoms with E-state index >= 15 is 0 Å². The van der Waals surface area contributed by atoms with Gasteiger partial charge >= 0.3 is 0 Å². The number of carbonyl (C=O) groups excluding carboxylic acids is 2. The Labute approximate surface area is 167 Å². The maximum absolute atomic E-state index is 13.5. The predicted octanol–water partition coefficient (Wildman–Crippen LogP) is 4.03. The van der Waals surface area contributed by atoms with E-state index in [1.165, 1.54) is 11.3 Å². The smallest absolute Gasteiger partial charge is 0.274 e. The van der Waals surface area contributed by atoms with Crippen LogP contribution in [0.2, 0.25) is 5.02 Å². The Morgan fingerprint density at radius 2 is 2.19 bits per heavy atom. The lowest BCUT2D eigenvalue weighted by Gasteiger charge is -2.30. The van der Waals surface area contributed by atoms with E-state index in [-0.39, 0.29) is 23.9 Å². The Balaban J connectivity index is 1.75. The number of aryl methyl sites for hydroxylation is 1. The zero-order chi connectivity index (χ0) is 19.3. The minimum absolute atomic E-state index is 0.0375. The molecular weight excluding hydrogens is 382 g/mol. The average molecular weight is 404 g/mol. The topological polar surface area (TPSA) is 76.3 Å². The molecule has 4 rings (SSSR count). The number of benzene rings is 1. The highest BCUT2D eigenvalue weighted by Gasteiger charge is 2.58. The number of aromatic nitrogens is 1. The van der Waals surface area contributed by atoms with Crippen LogP contribution in [0, 0.1) is 12.3 Å². The number of thiazole rings is 1. The van der Waals surface area contributed by atoms with Crippen molar-refractivity contribution in [3.8, 4) is 10.4 Å². The molecule has 2 aliphatic rings. The van der Waals surface area contributed by atoms with Crippen molar-refractivity contribution in [2.45, 2.75) is 51.6 Å². The van der Waals surface area contributed by atoms with E-state index in [1.807, 2.05) is 43.0 Å². The first-order valence-corrected chi connectivity index (χ1v) is 10.4. The van der Waals surface area contributed by atoms with Crippen molar-refractivity contribution >= 4 is 34.8 Å². The summed E-state index contributed by atoms with van der Waals surface area (Å²) >= 11 is 7.63. The minimum Gasteiger partial charge on any atom is -0.369 e. The number of rotatable bonds is 3. The first kappa shape index (κ1) is 18.4. The van der Waals surface area contributed by atoms with Gasteiger partial charge in [0.15, 0.2) is 0 Å². The zero-order valence-corrected chi connectivity index (χ0v) is 16.9. The highest BCUT2D eigenvalue weighted by molar-refractivity contribution is 7.15. The van der Waals surface area contributed by atoms with Gasteiger partial charge in [-0.3, -0.25) is 9.59 Å². The number of halogens is 1. The quantitative estimate of drug-likeness (QED) is 0.840. The summed E-state index contributed by atoms with van der Waals surface area (Å²) in [5.74, 6) is -0.395. The van der Waals surface area contributed by atoms with Gasteiger partial charge in [-0.25, -0.2) is 4.98 Å². The molecule has 0 radical (unpaired) electrons. The largest absolute Gasteiger partial charge is 0.369 e. The Morgan fingerprint density at radius 3 is 2.89 bits per heavy atom. The monoisotopic (exact) mass is 403 g/mol. The van der Waals surface area contributed by atoms with Gasteiger partial charge in [0.25, 0.3) is 5.91 Å². The molecule has 5 nitrogen and oxygen atoms in total. The van der Waals surface area contributed by atoms with Crippen LogP contribution in [0.4, 0.5) is 0 Å². The van der Waals surface area contributed by atoms with E-state index in [4.69, 9.17) is 17.3 Å². The lowest BCUT2D eigenvalue weighted by Crippen LogP contribution is -2.46. The summed E-state index contributed by atoms with van der Waals surface area (Å²) in [5.41, 5.74) is 6.51. The Kier molecular flexibility index (Phi) is 4.51. The van der Waals surface area contributed by atoms with Gasteiger partial charge in [-0.15, -0.1) is 11.3 Å². The number of nitrogens with zero attached hydrogens (tertiary/aromatic N) is 2. The fraction of sp³-hybridized carbons (Fsp3) is 0.450. The summed E-state index contributed by atoms with van der Waals surface area (Å²) in [6.45, 7) is 3.89. The van der Waals surface area contributed by atoms with Crippen molar-refractivity contribution in [2.75, 3.05) is 0 Å². The molecule has 2 heterocycles. The van der Waals surface area contributed by atoms with Crippen molar-refractivity contribution in [2.24, 2.45) is 11.1 Å². The Bertz CT molecular complexity index is 928. The van der Waals surface area contributed by atoms with Crippen molar-refractivity contribution in [3.63, 3.8) is 0 Å². The van der Waals surface area contributed by atoms with Crippen molar-refractivity contribution in [3.05, 3.63) is 40.0 Å². The lowest BCUT2D eigenvalue weighted by molar-refractivity contribution is -0.127. The zero-order valence-electron chi connectivity index (χ0n) is 15.4. The van der Waals surface area contributed by atoms with Crippen LogP contribution in [0.5, 0.6) is 0 Å². The van der Waals surface area contributed by atoms with E-state index in [0.717, 1.165) is 34.7 Å². The number of likely N-dealkylation sites (tertiary alicyclic amines) is 1. The van der Waals surface area contributed by atoms with Crippen molar-refractivity contribution < 1.29 is 9.59 Å². The number of carbonyl (C=O) groups is 2. The van der Waals surface area contributed by atoms with Gasteiger partial charge in [0.2, 0.25) is 5.91 Å². The number of fused-ring (bicyclic) bond motifs is 1. The SMILES string of the molecule is Cc1nc(C(=O)N2[C@H]3CCC[C@]3(C(N)=O)C[C@@H]2C)c(-c2cccc(Cl)c2)s1. The molecule has 2 amide bonds. The number of primary amides is 1. The number of hydrogen-bond acceptors (Lipinski definition) is 4. The molecule has 1 aromatic carbocycles. The summed E-state index contributed by atoms with van der Waals surface area (Å²) in [6, 6.07) is 7.29. The van der Waals surface area contributed by atoms with E-state index in [2.05, 4.69) is 4.98 Å². The molecule has 1 saturated heterocycles. The summed E-state index contributed by atoms with van der Waals surface area (Å²) in [6.07, 6.45) is 3.13. The first-order valence-electron chi connectivity index (χ1n) is 9.19. The molecule has 1 aliphatic heterocycles. The van der Waals surface area contributed by atoms with Gasteiger partial charge in [0, 0.05) is 17.1 Å². The molecule has 1 aliphatic carbocycles. The van der Waals surface area contributed by atoms with Crippen LogP contribution < -0.4 is 5.73 Å². The van der Waals surface area contributed by atoms with E-state index in [9.17, 15) is 9.59 Å². The lowest BCUT2D eigenvalue weighted by atomic mass is 9.80. The van der Waals surface area contributed by atoms with Gasteiger partial charge in [0.05, 0.1) is 15.3 Å². The fourth-order valence-electron chi connectivity index (χ4n) is 4.88. The molecule has 1 aromatic heterocycles. The van der Waals surface area contributed by atoms with Gasteiger partial charge in [-0.05, 0) is 50.8 Å². The van der Waals surface area contributed by atoms with Crippen LogP contribution in [0.3, 0.4) is 0 Å². The highest BCUT2D eigenvalue weighted by atomic mass is 35.5. The number of nitrogens with two attached hydrogens (primary N) is 1. The van der Waals surface area contributed by atoms with Crippen molar-refractivity contribution in [1.29, 1.82) is 0 Å². The molecule has 7 heteroatoms. The van der Waals surface area contributed by atoms with Gasteiger partial charge in [-0.2, -0.15) is 0 Å². The molecule has 27 heavy (non-hydrogen) atoms. The Morgan fingerprint density at radius 1 is 1.41 bits per heavy atom. The van der Waals surface area contributed by atoms with Crippen LogP contribution in [0.25, 0.3) is 10.4 Å². The van der Waals surface area contributed by atoms with Crippen LogP contribution in [0.15, 0.2) is 24.3 Å². The standard InChI is InChI=1S/C20H22ClN3O2S/c1-11-10-20(19(22)26)8-4-7-15(20)24(11)18(25)16-17(27-12(2)23-16)13-5-3-6-14(21)9-13/h3,5-6,9,11,15H,4,7-8,10H2,1-2H3,(H2,22,26)/t11-,15-,20-/m0/s1. The van der Waals surface area contributed by atoms with Gasteiger partial charge in [-0.1, -0.05) is 30.2 Å². The summed E-state index contributed by atoms with van der Waals surface area (Å²) in [4.78, 5) is 33.0. The van der Waals surface area contributed by atoms with Gasteiger partial charge < -0.3 is 10.6 Å². The first-order chi connectivity index (χ1) is 12.8. The summed E-state index contributed by atoms with van der Waals surface area (Å²) in [5, 5.41) is 1.45. The minimum atomic E-state index is -0.587. The van der Waals surface area contributed by atoms with Crippen molar-refractivity contribution in [1.82, 2.24) is 9.88 Å². The third kappa shape index (κ3) is 2.86. The van der Waals surface area contributed by atoms with Crippen LogP contribution in [-0.4, -0.2) is 33.8 Å². The normalized spacial score (nSPS) is 27.0. The third-order valence-electron chi connectivity index (χ3n) is 5.96. The molecule has 0 spiro atoms. The number of amides is 2. The average Bonchev–Trinajstić information content (AvgIpc) is 3.26. The Hall–Kier alpha value is -1.92. The summed E-state index contributed by atoms with van der Waals surface area (Å²) in [7, 11) is 0. The molecule has 142 valence electrons. The summed E-state index contributed by atoms with van der Waals surface area (Å²) < 4.78 is 0. The second-order valence-electron chi connectivity index (χ2n) is 7.61.